The first kappa shape index (κ1) is 23.9. The summed E-state index contributed by atoms with van der Waals surface area (Å²) >= 11 is 0. The molecule has 0 radical (unpaired) electrons. The molecular formula is C23H24O8. The zero-order chi connectivity index (χ0) is 22.9. The normalized spacial score (nSPS) is 24.6. The number of hydrogen-bond donors (Lipinski definition) is 0. The van der Waals surface area contributed by atoms with Gasteiger partial charge in [-0.1, -0.05) is 36.0 Å². The van der Waals surface area contributed by atoms with Crippen molar-refractivity contribution in [3.63, 3.8) is 0 Å². The maximum Gasteiger partial charge on any atom is 0.305 e. The van der Waals surface area contributed by atoms with Crippen molar-refractivity contribution in [1.29, 1.82) is 0 Å². The highest BCUT2D eigenvalue weighted by Gasteiger charge is 2.59. The van der Waals surface area contributed by atoms with Gasteiger partial charge < -0.3 is 23.7 Å². The summed E-state index contributed by atoms with van der Waals surface area (Å²) in [7, 11) is 0. The fraction of sp³-hybridized carbons (Fsp3) is 0.435. The molecule has 8 nitrogen and oxygen atoms in total. The second-order valence-corrected chi connectivity index (χ2v) is 6.73. The van der Waals surface area contributed by atoms with Gasteiger partial charge >= 0.3 is 17.9 Å². The van der Waals surface area contributed by atoms with E-state index in [0.29, 0.717) is 0 Å². The van der Waals surface area contributed by atoms with Crippen LogP contribution in [0.25, 0.3) is 0 Å². The Hall–Kier alpha value is -3.33. The first-order valence-corrected chi connectivity index (χ1v) is 9.53. The van der Waals surface area contributed by atoms with Gasteiger partial charge in [-0.15, -0.1) is 6.42 Å². The minimum absolute atomic E-state index is 0.0550. The fourth-order valence-electron chi connectivity index (χ4n) is 3.17. The third-order valence-electron chi connectivity index (χ3n) is 4.36. The maximum absolute atomic E-state index is 11.9. The van der Waals surface area contributed by atoms with E-state index in [4.69, 9.17) is 30.1 Å². The molecule has 0 amide bonds. The van der Waals surface area contributed by atoms with Crippen molar-refractivity contribution in [2.75, 3.05) is 13.2 Å². The van der Waals surface area contributed by atoms with Crippen LogP contribution in [0.2, 0.25) is 0 Å². The molecule has 1 unspecified atom stereocenters. The zero-order valence-corrected chi connectivity index (χ0v) is 17.6. The predicted octanol–water partition coefficient (Wildman–Crippen LogP) is 1.60. The number of benzene rings is 1. The highest BCUT2D eigenvalue weighted by Crippen LogP contribution is 2.37. The smallest absolute Gasteiger partial charge is 0.305 e. The van der Waals surface area contributed by atoms with Gasteiger partial charge in [0.05, 0.1) is 6.61 Å². The summed E-state index contributed by atoms with van der Waals surface area (Å²) in [6.45, 7) is 3.20. The number of rotatable bonds is 6. The average Bonchev–Trinajstić information content (AvgIpc) is 2.70. The van der Waals surface area contributed by atoms with Crippen molar-refractivity contribution in [2.45, 2.75) is 51.3 Å². The lowest BCUT2D eigenvalue weighted by molar-refractivity contribution is -0.309. The summed E-state index contributed by atoms with van der Waals surface area (Å²) in [6.07, 6.45) is 1.72. The van der Waals surface area contributed by atoms with Crippen LogP contribution >= 0.6 is 0 Å². The van der Waals surface area contributed by atoms with Crippen LogP contribution in [0.4, 0.5) is 0 Å². The molecule has 1 aromatic carbocycles. The van der Waals surface area contributed by atoms with Gasteiger partial charge in [-0.3, -0.25) is 14.4 Å². The minimum atomic E-state index is -1.54. The van der Waals surface area contributed by atoms with Crippen LogP contribution in [0.3, 0.4) is 0 Å². The summed E-state index contributed by atoms with van der Waals surface area (Å²) in [4.78, 5) is 35.2. The molecule has 4 atom stereocenters. The first-order valence-electron chi connectivity index (χ1n) is 9.53. The summed E-state index contributed by atoms with van der Waals surface area (Å²) in [5, 5.41) is 0. The zero-order valence-electron chi connectivity index (χ0n) is 17.6. The van der Waals surface area contributed by atoms with Crippen molar-refractivity contribution in [2.24, 2.45) is 0 Å². The van der Waals surface area contributed by atoms with E-state index in [1.54, 1.807) is 0 Å². The summed E-state index contributed by atoms with van der Waals surface area (Å²) in [6, 6.07) is 9.17. The molecule has 8 heteroatoms. The predicted molar refractivity (Wildman–Crippen MR) is 108 cm³/mol. The van der Waals surface area contributed by atoms with Gasteiger partial charge in [0, 0.05) is 32.8 Å². The Bertz CT molecular complexity index is 892. The number of carbonyl (C=O) groups excluding carboxylic acids is 3. The molecule has 1 aliphatic rings. The lowest BCUT2D eigenvalue weighted by Gasteiger charge is -2.48. The van der Waals surface area contributed by atoms with E-state index in [2.05, 4.69) is 17.8 Å². The monoisotopic (exact) mass is 428 g/mol. The summed E-state index contributed by atoms with van der Waals surface area (Å²) in [5.41, 5.74) is -0.796. The van der Waals surface area contributed by atoms with Crippen LogP contribution < -0.4 is 0 Å². The number of carbonyl (C=O) groups is 3. The largest absolute Gasteiger partial charge is 0.457 e. The van der Waals surface area contributed by atoms with E-state index in [9.17, 15) is 14.4 Å². The minimum Gasteiger partial charge on any atom is -0.457 e. The number of ether oxygens (including phenoxy) is 5. The highest BCUT2D eigenvalue weighted by atomic mass is 16.7. The van der Waals surface area contributed by atoms with Gasteiger partial charge in [-0.05, 0) is 12.1 Å². The fourth-order valence-corrected chi connectivity index (χ4v) is 3.17. The Labute approximate surface area is 181 Å². The summed E-state index contributed by atoms with van der Waals surface area (Å²) < 4.78 is 27.5. The SMILES string of the molecule is C#CCO[C@]1(CC#Cc2ccccc2)[C@H](OC(C)=O)COC(OC(C)=O)[C@@H]1OC(C)=O. The Morgan fingerprint density at radius 1 is 1.06 bits per heavy atom. The molecule has 2 rings (SSSR count). The molecule has 0 spiro atoms. The van der Waals surface area contributed by atoms with Gasteiger partial charge in [-0.25, -0.2) is 0 Å². The molecule has 1 aromatic rings. The third-order valence-corrected chi connectivity index (χ3v) is 4.36. The van der Waals surface area contributed by atoms with Crippen LogP contribution in [0.5, 0.6) is 0 Å². The molecule has 0 saturated carbocycles. The molecule has 0 N–H and O–H groups in total. The van der Waals surface area contributed by atoms with E-state index in [1.807, 2.05) is 30.3 Å². The molecule has 1 heterocycles. The molecule has 1 fully saturated rings. The topological polar surface area (TPSA) is 97.4 Å². The van der Waals surface area contributed by atoms with Crippen LogP contribution in [0, 0.1) is 24.2 Å². The first-order chi connectivity index (χ1) is 14.8. The highest BCUT2D eigenvalue weighted by molar-refractivity contribution is 5.68. The van der Waals surface area contributed by atoms with E-state index in [0.717, 1.165) is 5.56 Å². The average molecular weight is 428 g/mol. The van der Waals surface area contributed by atoms with Crippen LogP contribution in [-0.2, 0) is 38.1 Å². The molecule has 0 aliphatic carbocycles. The molecular weight excluding hydrogens is 404 g/mol. The van der Waals surface area contributed by atoms with E-state index >= 15 is 0 Å². The van der Waals surface area contributed by atoms with Crippen LogP contribution in [0.1, 0.15) is 32.8 Å². The Morgan fingerprint density at radius 3 is 2.29 bits per heavy atom. The number of hydrogen-bond acceptors (Lipinski definition) is 8. The Kier molecular flexibility index (Phi) is 8.63. The standard InChI is InChI=1S/C23H24O8/c1-5-14-28-23(13-9-12-19-10-7-6-8-11-19)20(29-16(2)24)15-27-22(31-18(4)26)21(23)30-17(3)25/h1,6-8,10-11,20-22H,13-15H2,2-4H3/t20-,21+,22?,23-/m1/s1. The Morgan fingerprint density at radius 2 is 1.71 bits per heavy atom. The Balaban J connectivity index is 2.53. The van der Waals surface area contributed by atoms with Gasteiger partial charge in [0.2, 0.25) is 6.29 Å². The van der Waals surface area contributed by atoms with Crippen LogP contribution in [0.15, 0.2) is 30.3 Å². The van der Waals surface area contributed by atoms with E-state index in [1.165, 1.54) is 20.8 Å². The quantitative estimate of drug-likeness (QED) is 0.383. The van der Waals surface area contributed by atoms with Crippen molar-refractivity contribution in [3.05, 3.63) is 35.9 Å². The van der Waals surface area contributed by atoms with Crippen LogP contribution in [-0.4, -0.2) is 55.2 Å². The molecule has 1 saturated heterocycles. The van der Waals surface area contributed by atoms with E-state index < -0.39 is 42.0 Å². The molecule has 0 bridgehead atoms. The third kappa shape index (κ3) is 6.58. The maximum atomic E-state index is 11.9. The van der Waals surface area contributed by atoms with Crippen molar-refractivity contribution in [3.8, 4) is 24.2 Å². The molecule has 31 heavy (non-hydrogen) atoms. The van der Waals surface area contributed by atoms with Gasteiger partial charge in [0.15, 0.2) is 17.8 Å². The van der Waals surface area contributed by atoms with Gasteiger partial charge in [-0.2, -0.15) is 0 Å². The lowest BCUT2D eigenvalue weighted by atomic mass is 9.83. The second-order valence-electron chi connectivity index (χ2n) is 6.73. The van der Waals surface area contributed by atoms with Crippen molar-refractivity contribution >= 4 is 17.9 Å². The van der Waals surface area contributed by atoms with Gasteiger partial charge in [0.25, 0.3) is 0 Å². The molecule has 164 valence electrons. The summed E-state index contributed by atoms with van der Waals surface area (Å²) in [5.74, 6) is 6.37. The van der Waals surface area contributed by atoms with Gasteiger partial charge in [0.1, 0.15) is 6.61 Å². The molecule has 1 aliphatic heterocycles. The van der Waals surface area contributed by atoms with Crippen molar-refractivity contribution in [1.82, 2.24) is 0 Å². The lowest BCUT2D eigenvalue weighted by Crippen LogP contribution is -2.67. The van der Waals surface area contributed by atoms with Crippen molar-refractivity contribution < 1.29 is 38.1 Å². The second kappa shape index (κ2) is 11.2. The van der Waals surface area contributed by atoms with E-state index in [-0.39, 0.29) is 19.6 Å². The molecule has 0 aromatic heterocycles. The number of terminal acetylenes is 1. The number of esters is 3.